The fourth-order valence-corrected chi connectivity index (χ4v) is 4.39. The zero-order chi connectivity index (χ0) is 28.6. The van der Waals surface area contributed by atoms with E-state index in [1.54, 1.807) is 0 Å². The van der Waals surface area contributed by atoms with Crippen LogP contribution in [0.3, 0.4) is 0 Å². The van der Waals surface area contributed by atoms with Crippen molar-refractivity contribution < 1.29 is 69.7 Å². The van der Waals surface area contributed by atoms with Gasteiger partial charge in [0.1, 0.15) is 71.3 Å². The number of benzene rings is 2. The quantitative estimate of drug-likeness (QED) is 0.169. The summed E-state index contributed by atoms with van der Waals surface area (Å²) in [5, 5.41) is 91.4. The normalized spacial score (nSPS) is 34.9. The van der Waals surface area contributed by atoms with Gasteiger partial charge in [-0.05, 0) is 31.2 Å². The van der Waals surface area contributed by atoms with E-state index in [9.17, 15) is 50.8 Å². The summed E-state index contributed by atoms with van der Waals surface area (Å²) in [6, 6.07) is 6.91. The van der Waals surface area contributed by atoms with Gasteiger partial charge in [-0.25, -0.2) is 0 Å². The van der Waals surface area contributed by atoms with E-state index in [-0.39, 0.29) is 11.3 Å². The second-order valence-corrected chi connectivity index (χ2v) is 9.32. The maximum absolute atomic E-state index is 13.1. The Kier molecular flexibility index (Phi) is 8.60. The van der Waals surface area contributed by atoms with Gasteiger partial charge in [0.05, 0.1) is 12.7 Å². The van der Waals surface area contributed by atoms with Crippen LogP contribution in [0.4, 0.5) is 0 Å². The summed E-state index contributed by atoms with van der Waals surface area (Å²) in [4.78, 5) is 13.1. The van der Waals surface area contributed by atoms with E-state index in [0.717, 1.165) is 12.1 Å². The smallest absolute Gasteiger partial charge is 0.229 e. The van der Waals surface area contributed by atoms with E-state index < -0.39 is 96.6 Å². The van der Waals surface area contributed by atoms with Gasteiger partial charge in [0.25, 0.3) is 0 Å². The number of hydrogen-bond acceptors (Lipinski definition) is 14. The first-order valence-electron chi connectivity index (χ1n) is 12.0. The Morgan fingerprint density at radius 2 is 1.46 bits per heavy atom. The number of rotatable bonds is 7. The summed E-state index contributed by atoms with van der Waals surface area (Å²) in [5.41, 5.74) is -0.388. The van der Waals surface area contributed by atoms with Crippen molar-refractivity contribution in [2.75, 3.05) is 6.61 Å². The molecule has 2 aromatic carbocycles. The van der Waals surface area contributed by atoms with Gasteiger partial charge in [0.15, 0.2) is 6.29 Å². The van der Waals surface area contributed by atoms with Crippen molar-refractivity contribution in [2.24, 2.45) is 0 Å². The van der Waals surface area contributed by atoms with Gasteiger partial charge >= 0.3 is 0 Å². The van der Waals surface area contributed by atoms with Gasteiger partial charge in [0.2, 0.25) is 12.1 Å². The average molecular weight is 555 g/mol. The lowest BCUT2D eigenvalue weighted by molar-refractivity contribution is -0.349. The van der Waals surface area contributed by atoms with E-state index >= 15 is 0 Å². The van der Waals surface area contributed by atoms with Crippen molar-refractivity contribution in [3.8, 4) is 23.0 Å². The summed E-state index contributed by atoms with van der Waals surface area (Å²) in [6.45, 7) is 0.621. The molecule has 0 aliphatic carbocycles. The summed E-state index contributed by atoms with van der Waals surface area (Å²) >= 11 is 0. The molecular weight excluding hydrogens is 524 g/mol. The van der Waals surface area contributed by atoms with Gasteiger partial charge in [-0.2, -0.15) is 0 Å². The predicted molar refractivity (Wildman–Crippen MR) is 127 cm³/mol. The SMILES string of the molecule is C[C@@H]1O[C@@H](O[C@H]2[C@H](O)[C@@H](O)[C@H](Oc3cc(O)cc(O)c3C(=O)c3ccc(O)cc3)O[C@@H]2CO)[C@H](O)[C@H](O)[C@H]1O. The zero-order valence-electron chi connectivity index (χ0n) is 20.5. The number of ether oxygens (including phenoxy) is 4. The number of ketones is 1. The molecule has 214 valence electrons. The molecule has 39 heavy (non-hydrogen) atoms. The van der Waals surface area contributed by atoms with Gasteiger partial charge in [-0.15, -0.1) is 0 Å². The van der Waals surface area contributed by atoms with Crippen LogP contribution in [0.2, 0.25) is 0 Å². The minimum Gasteiger partial charge on any atom is -0.508 e. The second-order valence-electron chi connectivity index (χ2n) is 9.32. The molecule has 14 heteroatoms. The van der Waals surface area contributed by atoms with Crippen molar-refractivity contribution in [1.82, 2.24) is 0 Å². The molecule has 14 nitrogen and oxygen atoms in total. The Bertz CT molecular complexity index is 1150. The lowest BCUT2D eigenvalue weighted by atomic mass is 9.97. The van der Waals surface area contributed by atoms with Crippen LogP contribution in [0.25, 0.3) is 0 Å². The van der Waals surface area contributed by atoms with Gasteiger partial charge in [0, 0.05) is 17.7 Å². The van der Waals surface area contributed by atoms with Crippen LogP contribution in [-0.2, 0) is 14.2 Å². The summed E-state index contributed by atoms with van der Waals surface area (Å²) in [7, 11) is 0. The minimum atomic E-state index is -1.90. The molecule has 2 aliphatic heterocycles. The summed E-state index contributed by atoms with van der Waals surface area (Å²) in [6.07, 6.45) is -15.7. The molecule has 0 bridgehead atoms. The highest BCUT2D eigenvalue weighted by Gasteiger charge is 2.50. The van der Waals surface area contributed by atoms with Crippen LogP contribution in [0.5, 0.6) is 23.0 Å². The predicted octanol–water partition coefficient (Wildman–Crippen LogP) is -1.94. The van der Waals surface area contributed by atoms with Gasteiger partial charge in [-0.3, -0.25) is 4.79 Å². The monoisotopic (exact) mass is 554 g/mol. The van der Waals surface area contributed by atoms with Gasteiger partial charge < -0.3 is 64.9 Å². The number of hydrogen-bond donors (Lipinski definition) is 9. The Balaban J connectivity index is 1.57. The number of aromatic hydroxyl groups is 3. The lowest BCUT2D eigenvalue weighted by Gasteiger charge is -2.45. The van der Waals surface area contributed by atoms with Crippen LogP contribution in [0, 0.1) is 0 Å². The number of carbonyl (C=O) groups is 1. The third-order valence-electron chi connectivity index (χ3n) is 6.59. The molecule has 4 rings (SSSR count). The van der Waals surface area contributed by atoms with E-state index in [1.165, 1.54) is 31.2 Å². The number of aliphatic hydroxyl groups is 6. The first kappa shape index (κ1) is 28.9. The van der Waals surface area contributed by atoms with Crippen molar-refractivity contribution in [3.63, 3.8) is 0 Å². The molecule has 0 unspecified atom stereocenters. The lowest BCUT2D eigenvalue weighted by Crippen LogP contribution is -2.64. The molecule has 9 N–H and O–H groups in total. The van der Waals surface area contributed by atoms with Crippen LogP contribution in [0.15, 0.2) is 36.4 Å². The maximum atomic E-state index is 13.1. The molecular formula is C25H30O14. The van der Waals surface area contributed by atoms with Crippen molar-refractivity contribution in [2.45, 2.75) is 68.3 Å². The average Bonchev–Trinajstić information content (AvgIpc) is 2.89. The first-order valence-corrected chi connectivity index (χ1v) is 12.0. The third kappa shape index (κ3) is 5.79. The molecule has 0 amide bonds. The highest BCUT2D eigenvalue weighted by molar-refractivity contribution is 6.12. The second kappa shape index (κ2) is 11.6. The third-order valence-corrected chi connectivity index (χ3v) is 6.59. The van der Waals surface area contributed by atoms with E-state index in [2.05, 4.69) is 0 Å². The standard InChI is InChI=1S/C25H30O14/c1-9-17(30)19(32)21(34)24(36-9)39-23-15(8-26)38-25(22(35)20(23)33)37-14-7-12(28)6-13(29)16(14)18(31)10-2-4-11(27)5-3-10/h2-7,9,15,17,19-30,32-35H,8H2,1H3/t9-,15+,17-,19+,20+,21+,22+,23+,24-,25+/m0/s1. The van der Waals surface area contributed by atoms with Crippen molar-refractivity contribution >= 4 is 5.78 Å². The number of aliphatic hydroxyl groups excluding tert-OH is 6. The molecule has 0 radical (unpaired) electrons. The molecule has 2 aromatic rings. The van der Waals surface area contributed by atoms with Gasteiger partial charge in [-0.1, -0.05) is 0 Å². The highest BCUT2D eigenvalue weighted by Crippen LogP contribution is 2.37. The van der Waals surface area contributed by atoms with Crippen molar-refractivity contribution in [1.29, 1.82) is 0 Å². The van der Waals surface area contributed by atoms with E-state index in [1.807, 2.05) is 0 Å². The Morgan fingerprint density at radius 1 is 0.821 bits per heavy atom. The molecule has 0 saturated carbocycles. The van der Waals surface area contributed by atoms with E-state index in [4.69, 9.17) is 18.9 Å². The fraction of sp³-hybridized carbons (Fsp3) is 0.480. The Hall–Kier alpha value is -3.05. The topological polar surface area (TPSA) is 236 Å². The van der Waals surface area contributed by atoms with Crippen LogP contribution < -0.4 is 4.74 Å². The van der Waals surface area contributed by atoms with Crippen molar-refractivity contribution in [3.05, 3.63) is 47.5 Å². The molecule has 0 spiro atoms. The number of phenolic OH excluding ortho intramolecular Hbond substituents is 3. The Morgan fingerprint density at radius 3 is 2.10 bits per heavy atom. The molecule has 2 aliphatic rings. The molecule has 2 saturated heterocycles. The van der Waals surface area contributed by atoms with Crippen LogP contribution >= 0.6 is 0 Å². The van der Waals surface area contributed by atoms with E-state index in [0.29, 0.717) is 0 Å². The van der Waals surface area contributed by atoms with Crippen LogP contribution in [0.1, 0.15) is 22.8 Å². The zero-order valence-corrected chi connectivity index (χ0v) is 20.5. The van der Waals surface area contributed by atoms with Crippen LogP contribution in [-0.4, -0.2) is 120 Å². The number of carbonyl (C=O) groups excluding carboxylic acids is 1. The first-order chi connectivity index (χ1) is 18.4. The molecule has 10 atom stereocenters. The summed E-state index contributed by atoms with van der Waals surface area (Å²) in [5.74, 6) is -2.49. The fourth-order valence-electron chi connectivity index (χ4n) is 4.39. The Labute approximate surface area is 221 Å². The minimum absolute atomic E-state index is 0.0399. The molecule has 0 aromatic heterocycles. The molecule has 2 heterocycles. The highest BCUT2D eigenvalue weighted by atomic mass is 16.7. The summed E-state index contributed by atoms with van der Waals surface area (Å²) < 4.78 is 22.0. The number of phenols is 3. The maximum Gasteiger partial charge on any atom is 0.229 e. The molecule has 2 fully saturated rings. The largest absolute Gasteiger partial charge is 0.508 e.